The Hall–Kier alpha value is -2.38. The average molecular weight is 373 g/mol. The van der Waals surface area contributed by atoms with Crippen molar-refractivity contribution < 1.29 is 13.2 Å². The summed E-state index contributed by atoms with van der Waals surface area (Å²) in [4.78, 5) is 12.5. The van der Waals surface area contributed by atoms with Crippen LogP contribution in [0.1, 0.15) is 29.6 Å². The maximum Gasteiger partial charge on any atom is 0.265 e. The number of anilines is 1. The predicted octanol–water partition coefficient (Wildman–Crippen LogP) is 2.64. The summed E-state index contributed by atoms with van der Waals surface area (Å²) in [6.07, 6.45) is 3.33. The number of rotatable bonds is 5. The van der Waals surface area contributed by atoms with Gasteiger partial charge in [-0.1, -0.05) is 24.6 Å². The molecule has 7 heteroatoms. The molecule has 0 radical (unpaired) electrons. The van der Waals surface area contributed by atoms with Crippen LogP contribution in [0.2, 0.25) is 0 Å². The highest BCUT2D eigenvalue weighted by Gasteiger charge is 2.22. The number of nitrogens with zero attached hydrogens (tertiary/aromatic N) is 2. The molecule has 6 nitrogen and oxygen atoms in total. The van der Waals surface area contributed by atoms with Crippen molar-refractivity contribution in [2.45, 2.75) is 24.2 Å². The van der Waals surface area contributed by atoms with Gasteiger partial charge in [0, 0.05) is 25.7 Å². The molecular weight excluding hydrogens is 350 g/mol. The van der Waals surface area contributed by atoms with Crippen molar-refractivity contribution in [2.24, 2.45) is 0 Å². The minimum atomic E-state index is -3.67. The molecule has 1 heterocycles. The van der Waals surface area contributed by atoms with E-state index in [1.165, 1.54) is 29.9 Å². The highest BCUT2D eigenvalue weighted by atomic mass is 32.2. The minimum absolute atomic E-state index is 0.151. The number of amides is 1. The van der Waals surface area contributed by atoms with Crippen LogP contribution in [0.15, 0.2) is 59.5 Å². The first-order valence-electron chi connectivity index (χ1n) is 8.68. The lowest BCUT2D eigenvalue weighted by atomic mass is 10.1. The van der Waals surface area contributed by atoms with E-state index in [0.29, 0.717) is 11.3 Å². The fraction of sp³-hybridized carbons (Fsp3) is 0.316. The molecule has 1 amide bonds. The van der Waals surface area contributed by atoms with Gasteiger partial charge >= 0.3 is 0 Å². The summed E-state index contributed by atoms with van der Waals surface area (Å²) < 4.78 is 26.7. The van der Waals surface area contributed by atoms with E-state index >= 15 is 0 Å². The molecule has 1 N–H and O–H groups in total. The molecule has 0 spiro atoms. The van der Waals surface area contributed by atoms with Gasteiger partial charge in [-0.2, -0.15) is 0 Å². The van der Waals surface area contributed by atoms with Crippen molar-refractivity contribution in [2.75, 3.05) is 24.4 Å². The second-order valence-electron chi connectivity index (χ2n) is 6.32. The third-order valence-corrected chi connectivity index (χ3v) is 6.31. The van der Waals surface area contributed by atoms with Crippen LogP contribution in [-0.4, -0.2) is 39.5 Å². The molecule has 2 aromatic carbocycles. The van der Waals surface area contributed by atoms with Crippen LogP contribution < -0.4 is 9.73 Å². The number of piperidine rings is 1. The van der Waals surface area contributed by atoms with Gasteiger partial charge in [0.1, 0.15) is 0 Å². The number of nitrogens with one attached hydrogen (secondary N) is 1. The summed E-state index contributed by atoms with van der Waals surface area (Å²) in [5, 5.41) is 1.92. The van der Waals surface area contributed by atoms with Gasteiger partial charge in [0.15, 0.2) is 0 Å². The van der Waals surface area contributed by atoms with Crippen LogP contribution in [0.5, 0.6) is 0 Å². The molecule has 0 aliphatic carbocycles. The van der Waals surface area contributed by atoms with Gasteiger partial charge in [0.05, 0.1) is 10.6 Å². The summed E-state index contributed by atoms with van der Waals surface area (Å²) >= 11 is 0. The van der Waals surface area contributed by atoms with Gasteiger partial charge in [0.25, 0.3) is 15.9 Å². The molecule has 1 aliphatic heterocycles. The number of hydrogen-bond donors (Lipinski definition) is 1. The Labute approximate surface area is 154 Å². The Morgan fingerprint density at radius 1 is 0.962 bits per heavy atom. The first-order valence-corrected chi connectivity index (χ1v) is 10.1. The molecule has 0 aromatic heterocycles. The van der Waals surface area contributed by atoms with Gasteiger partial charge in [-0.3, -0.25) is 14.5 Å². The molecule has 0 bridgehead atoms. The van der Waals surface area contributed by atoms with Crippen molar-refractivity contribution in [3.63, 3.8) is 0 Å². The van der Waals surface area contributed by atoms with E-state index in [1.54, 1.807) is 36.4 Å². The molecule has 26 heavy (non-hydrogen) atoms. The number of benzene rings is 2. The number of para-hydroxylation sites is 1. The van der Waals surface area contributed by atoms with Crippen molar-refractivity contribution >= 4 is 21.6 Å². The third-order valence-electron chi connectivity index (χ3n) is 4.51. The smallest absolute Gasteiger partial charge is 0.265 e. The van der Waals surface area contributed by atoms with E-state index < -0.39 is 10.0 Å². The lowest BCUT2D eigenvalue weighted by Gasteiger charge is -2.26. The second-order valence-corrected chi connectivity index (χ2v) is 8.29. The van der Waals surface area contributed by atoms with Crippen molar-refractivity contribution in [3.8, 4) is 0 Å². The van der Waals surface area contributed by atoms with Gasteiger partial charge in [0.2, 0.25) is 0 Å². The van der Waals surface area contributed by atoms with Crippen LogP contribution in [0.4, 0.5) is 5.69 Å². The normalized spacial score (nSPS) is 15.4. The molecule has 1 saturated heterocycles. The lowest BCUT2D eigenvalue weighted by Crippen LogP contribution is -2.45. The van der Waals surface area contributed by atoms with Gasteiger partial charge in [-0.25, -0.2) is 13.4 Å². The Kier molecular flexibility index (Phi) is 5.58. The largest absolute Gasteiger partial charge is 0.285 e. The molecule has 0 saturated carbocycles. The van der Waals surface area contributed by atoms with E-state index in [0.717, 1.165) is 25.9 Å². The zero-order valence-electron chi connectivity index (χ0n) is 14.8. The molecule has 3 rings (SSSR count). The van der Waals surface area contributed by atoms with Crippen LogP contribution in [0, 0.1) is 0 Å². The SMILES string of the molecule is CN(c1ccccc1)S(=O)(=O)c1ccc(C(=O)NN2CCCCC2)cc1. The summed E-state index contributed by atoms with van der Waals surface area (Å²) in [5.74, 6) is -0.215. The third kappa shape index (κ3) is 4.05. The van der Waals surface area contributed by atoms with Gasteiger partial charge < -0.3 is 0 Å². The topological polar surface area (TPSA) is 69.7 Å². The summed E-state index contributed by atoms with van der Waals surface area (Å²) in [6.45, 7) is 1.69. The van der Waals surface area contributed by atoms with Crippen molar-refractivity contribution in [1.82, 2.24) is 10.4 Å². The summed E-state index contributed by atoms with van der Waals surface area (Å²) in [5.41, 5.74) is 3.90. The standard InChI is InChI=1S/C19H23N3O3S/c1-21(17-8-4-2-5-9-17)26(24,25)18-12-10-16(11-13-18)19(23)20-22-14-6-3-7-15-22/h2,4-5,8-13H,3,6-7,14-15H2,1H3,(H,20,23). The lowest BCUT2D eigenvalue weighted by molar-refractivity contribution is 0.0750. The van der Waals surface area contributed by atoms with E-state index in [1.807, 2.05) is 11.1 Å². The highest BCUT2D eigenvalue weighted by Crippen LogP contribution is 2.22. The maximum atomic E-state index is 12.7. The zero-order chi connectivity index (χ0) is 18.6. The molecule has 138 valence electrons. The Balaban J connectivity index is 1.73. The quantitative estimate of drug-likeness (QED) is 0.875. The molecular formula is C19H23N3O3S. The van der Waals surface area contributed by atoms with E-state index in [-0.39, 0.29) is 10.8 Å². The van der Waals surface area contributed by atoms with Crippen LogP contribution in [0.25, 0.3) is 0 Å². The Bertz CT molecular complexity index is 845. The first kappa shape index (κ1) is 18.4. The van der Waals surface area contributed by atoms with Crippen molar-refractivity contribution in [1.29, 1.82) is 0 Å². The Morgan fingerprint density at radius 2 is 1.58 bits per heavy atom. The second kappa shape index (κ2) is 7.88. The number of carbonyl (C=O) groups excluding carboxylic acids is 1. The molecule has 2 aromatic rings. The number of hydrazine groups is 1. The van der Waals surface area contributed by atoms with Crippen molar-refractivity contribution in [3.05, 3.63) is 60.2 Å². The maximum absolute atomic E-state index is 12.7. The summed E-state index contributed by atoms with van der Waals surface area (Å²) in [7, 11) is -2.15. The zero-order valence-corrected chi connectivity index (χ0v) is 15.6. The minimum Gasteiger partial charge on any atom is -0.285 e. The van der Waals surface area contributed by atoms with E-state index in [2.05, 4.69) is 5.43 Å². The van der Waals surface area contributed by atoms with Crippen LogP contribution in [0.3, 0.4) is 0 Å². The monoisotopic (exact) mass is 373 g/mol. The molecule has 1 fully saturated rings. The molecule has 0 unspecified atom stereocenters. The fourth-order valence-electron chi connectivity index (χ4n) is 2.93. The highest BCUT2D eigenvalue weighted by molar-refractivity contribution is 7.92. The van der Waals surface area contributed by atoms with Crippen LogP contribution >= 0.6 is 0 Å². The van der Waals surface area contributed by atoms with Gasteiger partial charge in [-0.15, -0.1) is 0 Å². The number of carbonyl (C=O) groups is 1. The predicted molar refractivity (Wildman–Crippen MR) is 101 cm³/mol. The van der Waals surface area contributed by atoms with E-state index in [4.69, 9.17) is 0 Å². The Morgan fingerprint density at radius 3 is 2.19 bits per heavy atom. The average Bonchev–Trinajstić information content (AvgIpc) is 2.69. The van der Waals surface area contributed by atoms with Gasteiger partial charge in [-0.05, 0) is 49.2 Å². The number of sulfonamides is 1. The molecule has 0 atom stereocenters. The van der Waals surface area contributed by atoms with Crippen LogP contribution in [-0.2, 0) is 10.0 Å². The number of hydrogen-bond acceptors (Lipinski definition) is 4. The first-order chi connectivity index (χ1) is 12.5. The molecule has 1 aliphatic rings. The fourth-order valence-corrected chi connectivity index (χ4v) is 4.12. The van der Waals surface area contributed by atoms with E-state index in [9.17, 15) is 13.2 Å². The summed E-state index contributed by atoms with van der Waals surface area (Å²) in [6, 6.07) is 14.9.